The summed E-state index contributed by atoms with van der Waals surface area (Å²) in [7, 11) is 0. The van der Waals surface area contributed by atoms with Crippen molar-refractivity contribution >= 4 is 28.9 Å². The number of aliphatic imine (C=N–C) groups is 1. The molecule has 0 radical (unpaired) electrons. The molecule has 0 N–H and O–H groups in total. The van der Waals surface area contributed by atoms with Crippen molar-refractivity contribution in [3.8, 4) is 11.1 Å². The van der Waals surface area contributed by atoms with Gasteiger partial charge in [-0.1, -0.05) is 18.2 Å². The molecule has 2 heterocycles. The van der Waals surface area contributed by atoms with Crippen molar-refractivity contribution in [2.45, 2.75) is 6.92 Å². The van der Waals surface area contributed by atoms with Crippen molar-refractivity contribution in [2.75, 3.05) is 0 Å². The summed E-state index contributed by atoms with van der Waals surface area (Å²) in [5.41, 5.74) is 4.65. The van der Waals surface area contributed by atoms with Crippen LogP contribution < -0.4 is 10.6 Å². The lowest BCUT2D eigenvalue weighted by molar-refractivity contribution is -0.111. The third-order valence-electron chi connectivity index (χ3n) is 3.56. The van der Waals surface area contributed by atoms with E-state index < -0.39 is 0 Å². The van der Waals surface area contributed by atoms with Crippen LogP contribution in [0.3, 0.4) is 0 Å². The van der Waals surface area contributed by atoms with Gasteiger partial charge in [-0.05, 0) is 25.1 Å². The van der Waals surface area contributed by atoms with E-state index in [9.17, 15) is 4.79 Å². The number of rotatable bonds is 1. The molecule has 90 valence electrons. The van der Waals surface area contributed by atoms with Crippen LogP contribution in [0.5, 0.6) is 0 Å². The van der Waals surface area contributed by atoms with E-state index in [1.807, 2.05) is 30.3 Å². The number of hydrogen-bond acceptors (Lipinski definition) is 3. The Labute approximate surface area is 109 Å². The molecular weight excluding hydrogens is 236 g/mol. The topological polar surface area (TPSA) is 41.8 Å². The summed E-state index contributed by atoms with van der Waals surface area (Å²) in [6.07, 6.45) is 1.64. The largest absolute Gasteiger partial charge is 0.294 e. The minimum absolute atomic E-state index is 0.0297. The predicted octanol–water partition coefficient (Wildman–Crippen LogP) is 2.07. The SMILES string of the molecule is CC(=O)C1=c2c(ccc3c2=Nc2ccccc2-3)N=C1. The number of ketones is 1. The van der Waals surface area contributed by atoms with E-state index in [1.165, 1.54) is 0 Å². The zero-order valence-electron chi connectivity index (χ0n) is 10.3. The van der Waals surface area contributed by atoms with Gasteiger partial charge in [0.2, 0.25) is 0 Å². The Kier molecular flexibility index (Phi) is 1.90. The van der Waals surface area contributed by atoms with Gasteiger partial charge in [0, 0.05) is 28.1 Å². The van der Waals surface area contributed by atoms with Gasteiger partial charge in [0.1, 0.15) is 0 Å². The lowest BCUT2D eigenvalue weighted by Gasteiger charge is -1.99. The van der Waals surface area contributed by atoms with Crippen molar-refractivity contribution in [2.24, 2.45) is 9.98 Å². The van der Waals surface area contributed by atoms with Gasteiger partial charge >= 0.3 is 0 Å². The summed E-state index contributed by atoms with van der Waals surface area (Å²) in [6.45, 7) is 1.57. The molecule has 3 heteroatoms. The monoisotopic (exact) mass is 246 g/mol. The molecule has 0 spiro atoms. The van der Waals surface area contributed by atoms with E-state index in [2.05, 4.69) is 16.1 Å². The summed E-state index contributed by atoms with van der Waals surface area (Å²) < 4.78 is 0. The zero-order chi connectivity index (χ0) is 13.0. The van der Waals surface area contributed by atoms with Gasteiger partial charge in [-0.25, -0.2) is 4.99 Å². The molecule has 0 saturated carbocycles. The van der Waals surface area contributed by atoms with Gasteiger partial charge in [0.15, 0.2) is 5.78 Å². The van der Waals surface area contributed by atoms with Crippen LogP contribution in [-0.2, 0) is 4.79 Å². The molecule has 0 aliphatic carbocycles. The third kappa shape index (κ3) is 1.30. The minimum Gasteiger partial charge on any atom is -0.294 e. The molecule has 2 aliphatic rings. The zero-order valence-corrected chi connectivity index (χ0v) is 10.3. The Balaban J connectivity index is 2.20. The van der Waals surface area contributed by atoms with Crippen LogP contribution in [0.25, 0.3) is 16.7 Å². The maximum Gasteiger partial charge on any atom is 0.162 e. The van der Waals surface area contributed by atoms with Crippen molar-refractivity contribution < 1.29 is 4.79 Å². The smallest absolute Gasteiger partial charge is 0.162 e. The summed E-state index contributed by atoms with van der Waals surface area (Å²) in [5.74, 6) is 0.0297. The minimum atomic E-state index is 0.0297. The molecule has 0 atom stereocenters. The summed E-state index contributed by atoms with van der Waals surface area (Å²) in [5, 5.41) is 1.75. The standard InChI is InChI=1S/C16H10N2O/c1-9(19)12-8-17-14-7-6-11-10-4-2-3-5-13(10)18-16(11)15(12)14/h2-8H,1H3. The van der Waals surface area contributed by atoms with Crippen LogP contribution in [0, 0.1) is 0 Å². The van der Waals surface area contributed by atoms with Gasteiger partial charge in [0.25, 0.3) is 0 Å². The number of hydrogen-bond donors (Lipinski definition) is 0. The van der Waals surface area contributed by atoms with Crippen molar-refractivity contribution in [1.82, 2.24) is 0 Å². The number of benzene rings is 2. The number of carbonyl (C=O) groups excluding carboxylic acids is 1. The quantitative estimate of drug-likeness (QED) is 0.648. The highest BCUT2D eigenvalue weighted by atomic mass is 16.1. The normalized spacial score (nSPS) is 13.8. The van der Waals surface area contributed by atoms with Crippen LogP contribution in [0.2, 0.25) is 0 Å². The highest BCUT2D eigenvalue weighted by Crippen LogP contribution is 2.32. The first-order valence-electron chi connectivity index (χ1n) is 6.16. The maximum atomic E-state index is 11.7. The van der Waals surface area contributed by atoms with E-state index in [4.69, 9.17) is 0 Å². The second-order valence-corrected chi connectivity index (χ2v) is 4.71. The second kappa shape index (κ2) is 3.48. The van der Waals surface area contributed by atoms with Gasteiger partial charge in [0.05, 0.1) is 16.7 Å². The molecule has 0 aromatic heterocycles. The molecule has 0 bridgehead atoms. The number of nitrogens with zero attached hydrogens (tertiary/aromatic N) is 2. The van der Waals surface area contributed by atoms with Gasteiger partial charge in [-0.15, -0.1) is 0 Å². The van der Waals surface area contributed by atoms with Crippen molar-refractivity contribution in [3.63, 3.8) is 0 Å². The fourth-order valence-electron chi connectivity index (χ4n) is 2.67. The van der Waals surface area contributed by atoms with Gasteiger partial charge in [-0.2, -0.15) is 0 Å². The number of Topliss-reactive ketones (excluding diaryl/α,β-unsaturated/α-hetero) is 1. The molecule has 4 rings (SSSR count). The summed E-state index contributed by atoms with van der Waals surface area (Å²) in [6, 6.07) is 12.0. The highest BCUT2D eigenvalue weighted by Gasteiger charge is 2.19. The maximum absolute atomic E-state index is 11.7. The lowest BCUT2D eigenvalue weighted by atomic mass is 10.0. The van der Waals surface area contributed by atoms with E-state index >= 15 is 0 Å². The molecule has 0 saturated heterocycles. The Hall–Kier alpha value is -2.55. The molecule has 2 aromatic rings. The molecule has 0 amide bonds. The Morgan fingerprint density at radius 2 is 1.84 bits per heavy atom. The fraction of sp³-hybridized carbons (Fsp3) is 0.0625. The first-order valence-corrected chi connectivity index (χ1v) is 6.16. The number of carbonyl (C=O) groups is 1. The van der Waals surface area contributed by atoms with Crippen LogP contribution in [-0.4, -0.2) is 12.0 Å². The molecule has 3 nitrogen and oxygen atoms in total. The molecule has 0 fully saturated rings. The fourth-order valence-corrected chi connectivity index (χ4v) is 2.67. The first kappa shape index (κ1) is 10.4. The van der Waals surface area contributed by atoms with Crippen molar-refractivity contribution in [3.05, 3.63) is 47.0 Å². The summed E-state index contributed by atoms with van der Waals surface area (Å²) >= 11 is 0. The lowest BCUT2D eigenvalue weighted by Crippen LogP contribution is -2.28. The van der Waals surface area contributed by atoms with Crippen LogP contribution in [0.1, 0.15) is 6.92 Å². The average molecular weight is 246 g/mol. The number of para-hydroxylation sites is 1. The van der Waals surface area contributed by atoms with E-state index in [0.29, 0.717) is 5.57 Å². The second-order valence-electron chi connectivity index (χ2n) is 4.71. The van der Waals surface area contributed by atoms with E-state index in [0.717, 1.165) is 33.1 Å². The average Bonchev–Trinajstić information content (AvgIpc) is 2.99. The molecule has 0 unspecified atom stereocenters. The first-order chi connectivity index (χ1) is 9.25. The predicted molar refractivity (Wildman–Crippen MR) is 74.6 cm³/mol. The van der Waals surface area contributed by atoms with E-state index in [-0.39, 0.29) is 5.78 Å². The van der Waals surface area contributed by atoms with Gasteiger partial charge in [-0.3, -0.25) is 9.79 Å². The summed E-state index contributed by atoms with van der Waals surface area (Å²) in [4.78, 5) is 20.7. The Morgan fingerprint density at radius 3 is 2.68 bits per heavy atom. The third-order valence-corrected chi connectivity index (χ3v) is 3.56. The number of fused-ring (bicyclic) bond motifs is 5. The molecule has 2 aliphatic heterocycles. The van der Waals surface area contributed by atoms with Crippen LogP contribution >= 0.6 is 0 Å². The van der Waals surface area contributed by atoms with Crippen molar-refractivity contribution in [1.29, 1.82) is 0 Å². The van der Waals surface area contributed by atoms with Crippen LogP contribution in [0.4, 0.5) is 11.4 Å². The Bertz CT molecular complexity index is 891. The highest BCUT2D eigenvalue weighted by molar-refractivity contribution is 6.36. The van der Waals surface area contributed by atoms with E-state index in [1.54, 1.807) is 13.1 Å². The molecule has 19 heavy (non-hydrogen) atoms. The van der Waals surface area contributed by atoms with Gasteiger partial charge < -0.3 is 0 Å². The Morgan fingerprint density at radius 1 is 1.00 bits per heavy atom. The molecular formula is C16H10N2O. The molecule has 2 aromatic carbocycles. The van der Waals surface area contributed by atoms with Crippen LogP contribution in [0.15, 0.2) is 46.4 Å².